The van der Waals surface area contributed by atoms with Crippen LogP contribution in [0.2, 0.25) is 0 Å². The molecule has 0 amide bonds. The number of rotatable bonds is 2. The molecule has 3 N–H and O–H groups in total. The summed E-state index contributed by atoms with van der Waals surface area (Å²) < 4.78 is 10.3. The fourth-order valence-corrected chi connectivity index (χ4v) is 3.21. The zero-order chi connectivity index (χ0) is 17.8. The highest BCUT2D eigenvalue weighted by molar-refractivity contribution is 6.22. The highest BCUT2D eigenvalue weighted by Crippen LogP contribution is 2.51. The van der Waals surface area contributed by atoms with E-state index in [1.54, 1.807) is 13.0 Å². The molecule has 3 rings (SSSR count). The molecule has 0 radical (unpaired) electrons. The topological polar surface area (TPSA) is 96.2 Å². The van der Waals surface area contributed by atoms with Crippen LogP contribution in [0.3, 0.4) is 0 Å². The molecule has 6 heteroatoms. The highest BCUT2D eigenvalue weighted by atomic mass is 16.5. The number of hydrogen-bond donors (Lipinski definition) is 3. The van der Waals surface area contributed by atoms with Crippen LogP contribution in [0.4, 0.5) is 0 Å². The first-order chi connectivity index (χ1) is 11.3. The number of carbonyl (C=O) groups excluding carboxylic acids is 1. The van der Waals surface area contributed by atoms with Crippen molar-refractivity contribution in [2.45, 2.75) is 13.0 Å². The predicted octanol–water partition coefficient (Wildman–Crippen LogP) is 2.37. The first kappa shape index (κ1) is 16.1. The van der Waals surface area contributed by atoms with Crippen molar-refractivity contribution in [3.8, 4) is 17.2 Å². The van der Waals surface area contributed by atoms with Crippen LogP contribution in [0.5, 0.6) is 17.2 Å². The lowest BCUT2D eigenvalue weighted by molar-refractivity contribution is 0.100. The summed E-state index contributed by atoms with van der Waals surface area (Å²) >= 11 is 0. The predicted molar refractivity (Wildman–Crippen MR) is 87.5 cm³/mol. The number of ether oxygens (including phenoxy) is 2. The number of phenolic OH excluding ortho intramolecular Hbond substituents is 1. The number of Topliss-reactive ketones (excluding diaryl/α,β-unsaturated/α-hetero) is 1. The van der Waals surface area contributed by atoms with Crippen molar-refractivity contribution in [2.24, 2.45) is 5.92 Å². The first-order valence-corrected chi connectivity index (χ1v) is 7.39. The number of phenols is 1. The summed E-state index contributed by atoms with van der Waals surface area (Å²) in [5.74, 6) is -1.19. The second-order valence-corrected chi connectivity index (χ2v) is 5.84. The van der Waals surface area contributed by atoms with E-state index in [2.05, 4.69) is 6.58 Å². The van der Waals surface area contributed by atoms with Gasteiger partial charge in [-0.3, -0.25) is 4.79 Å². The highest BCUT2D eigenvalue weighted by Gasteiger charge is 2.40. The van der Waals surface area contributed by atoms with E-state index in [-0.39, 0.29) is 51.1 Å². The minimum absolute atomic E-state index is 0.0372. The SMILES string of the molecule is C=C1C2=C(O)C(O)C(C)C=C2C(=O)c2cc(OC)c(O)c(OC)c21. The zero-order valence-corrected chi connectivity index (χ0v) is 13.6. The van der Waals surface area contributed by atoms with Gasteiger partial charge in [-0.1, -0.05) is 19.6 Å². The fraction of sp³-hybridized carbons (Fsp3) is 0.278. The molecular weight excluding hydrogens is 312 g/mol. The number of aliphatic hydroxyl groups is 2. The van der Waals surface area contributed by atoms with E-state index in [0.717, 1.165) is 0 Å². The quantitative estimate of drug-likeness (QED) is 0.770. The molecule has 0 aliphatic heterocycles. The molecule has 6 nitrogen and oxygen atoms in total. The number of allylic oxidation sites excluding steroid dienone is 3. The van der Waals surface area contributed by atoms with E-state index in [1.165, 1.54) is 20.3 Å². The number of fused-ring (bicyclic) bond motifs is 2. The Bertz CT molecular complexity index is 830. The van der Waals surface area contributed by atoms with Gasteiger partial charge in [-0.2, -0.15) is 0 Å². The molecule has 0 bridgehead atoms. The van der Waals surface area contributed by atoms with E-state index in [1.807, 2.05) is 0 Å². The van der Waals surface area contributed by atoms with Gasteiger partial charge in [-0.15, -0.1) is 0 Å². The third kappa shape index (κ3) is 1.96. The molecule has 2 aliphatic carbocycles. The lowest BCUT2D eigenvalue weighted by atomic mass is 9.74. The molecule has 1 aromatic carbocycles. The summed E-state index contributed by atoms with van der Waals surface area (Å²) in [6.07, 6.45) is 0.495. The van der Waals surface area contributed by atoms with Crippen LogP contribution < -0.4 is 9.47 Å². The Balaban J connectivity index is 2.37. The average Bonchev–Trinajstić information content (AvgIpc) is 2.56. The van der Waals surface area contributed by atoms with E-state index in [9.17, 15) is 20.1 Å². The van der Waals surface area contributed by atoms with Crippen molar-refractivity contribution in [1.29, 1.82) is 0 Å². The van der Waals surface area contributed by atoms with Gasteiger partial charge >= 0.3 is 0 Å². The van der Waals surface area contributed by atoms with Crippen molar-refractivity contribution in [1.82, 2.24) is 0 Å². The maximum Gasteiger partial charge on any atom is 0.201 e. The van der Waals surface area contributed by atoms with Gasteiger partial charge in [0, 0.05) is 28.2 Å². The molecule has 0 saturated carbocycles. The Hall–Kier alpha value is -2.73. The largest absolute Gasteiger partial charge is 0.509 e. The molecule has 24 heavy (non-hydrogen) atoms. The van der Waals surface area contributed by atoms with Crippen molar-refractivity contribution in [2.75, 3.05) is 14.2 Å². The third-order valence-electron chi connectivity index (χ3n) is 4.47. The summed E-state index contributed by atoms with van der Waals surface area (Å²) in [6, 6.07) is 1.42. The monoisotopic (exact) mass is 330 g/mol. The van der Waals surface area contributed by atoms with E-state index in [0.29, 0.717) is 5.57 Å². The third-order valence-corrected chi connectivity index (χ3v) is 4.47. The van der Waals surface area contributed by atoms with Crippen LogP contribution in [0.15, 0.2) is 35.6 Å². The number of benzene rings is 1. The maximum absolute atomic E-state index is 12.9. The van der Waals surface area contributed by atoms with Crippen LogP contribution in [-0.2, 0) is 0 Å². The standard InChI is InChI=1S/C18H18O6/c1-7-5-9-12(17(22)14(7)19)8(2)13-10(15(9)20)6-11(23-3)16(21)18(13)24-4/h5-7,14,19,21-22H,2H2,1,3-4H3. The van der Waals surface area contributed by atoms with E-state index >= 15 is 0 Å². The summed E-state index contributed by atoms with van der Waals surface area (Å²) in [5.41, 5.74) is 1.30. The van der Waals surface area contributed by atoms with Gasteiger partial charge in [0.25, 0.3) is 0 Å². The van der Waals surface area contributed by atoms with E-state index < -0.39 is 12.0 Å². The summed E-state index contributed by atoms with van der Waals surface area (Å²) in [7, 11) is 2.72. The van der Waals surface area contributed by atoms with Gasteiger partial charge in [0.2, 0.25) is 5.75 Å². The fourth-order valence-electron chi connectivity index (χ4n) is 3.21. The second-order valence-electron chi connectivity index (χ2n) is 5.84. The van der Waals surface area contributed by atoms with E-state index in [4.69, 9.17) is 9.47 Å². The molecular formula is C18H18O6. The smallest absolute Gasteiger partial charge is 0.201 e. The lowest BCUT2D eigenvalue weighted by Gasteiger charge is -2.32. The van der Waals surface area contributed by atoms with Gasteiger partial charge in [0.1, 0.15) is 11.9 Å². The number of methoxy groups -OCH3 is 2. The maximum atomic E-state index is 12.9. The number of aliphatic hydroxyl groups excluding tert-OH is 2. The molecule has 0 spiro atoms. The summed E-state index contributed by atoms with van der Waals surface area (Å²) in [4.78, 5) is 12.9. The average molecular weight is 330 g/mol. The van der Waals surface area contributed by atoms with Crippen LogP contribution in [0.1, 0.15) is 22.8 Å². The molecule has 0 saturated heterocycles. The Morgan fingerprint density at radius 2 is 1.88 bits per heavy atom. The molecule has 2 aliphatic rings. The number of aromatic hydroxyl groups is 1. The Kier molecular flexibility index (Phi) is 3.64. The van der Waals surface area contributed by atoms with Crippen LogP contribution in [-0.4, -0.2) is 41.4 Å². The Labute approximate surface area is 139 Å². The first-order valence-electron chi connectivity index (χ1n) is 7.39. The van der Waals surface area contributed by atoms with Gasteiger partial charge in [0.05, 0.1) is 14.2 Å². The molecule has 2 unspecified atom stereocenters. The number of hydrogen-bond acceptors (Lipinski definition) is 6. The molecule has 0 fully saturated rings. The minimum atomic E-state index is -1.12. The number of carbonyl (C=O) groups is 1. The Morgan fingerprint density at radius 1 is 1.21 bits per heavy atom. The lowest BCUT2D eigenvalue weighted by Crippen LogP contribution is -2.29. The normalized spacial score (nSPS) is 22.8. The van der Waals surface area contributed by atoms with Crippen molar-refractivity contribution >= 4 is 11.4 Å². The van der Waals surface area contributed by atoms with Gasteiger partial charge in [0.15, 0.2) is 17.3 Å². The van der Waals surface area contributed by atoms with Crippen molar-refractivity contribution in [3.63, 3.8) is 0 Å². The van der Waals surface area contributed by atoms with Crippen molar-refractivity contribution < 1.29 is 29.6 Å². The number of ketones is 1. The Morgan fingerprint density at radius 3 is 2.46 bits per heavy atom. The van der Waals surface area contributed by atoms with Crippen molar-refractivity contribution in [3.05, 3.63) is 46.8 Å². The summed E-state index contributed by atoms with van der Waals surface area (Å²) in [6.45, 7) is 5.64. The molecule has 0 heterocycles. The van der Waals surface area contributed by atoms with Gasteiger partial charge in [-0.25, -0.2) is 0 Å². The molecule has 0 aromatic heterocycles. The van der Waals surface area contributed by atoms with Gasteiger partial charge in [-0.05, 0) is 11.6 Å². The molecule has 1 aromatic rings. The van der Waals surface area contributed by atoms with Crippen LogP contribution >= 0.6 is 0 Å². The zero-order valence-electron chi connectivity index (χ0n) is 13.6. The molecule has 126 valence electrons. The second kappa shape index (κ2) is 5.42. The van der Waals surface area contributed by atoms with Gasteiger partial charge < -0.3 is 24.8 Å². The minimum Gasteiger partial charge on any atom is -0.509 e. The van der Waals surface area contributed by atoms with Crippen LogP contribution in [0, 0.1) is 5.92 Å². The molecule has 2 atom stereocenters. The summed E-state index contributed by atoms with van der Waals surface area (Å²) in [5, 5.41) is 30.7. The van der Waals surface area contributed by atoms with Crippen LogP contribution in [0.25, 0.3) is 5.57 Å².